The van der Waals surface area contributed by atoms with E-state index >= 15 is 0 Å². The standard InChI is InChI=1S/C21H25Cl3O5/c1-21(2,13-3-5-17(6-4-13)28-11-15(26)9-22)14-7-18(23)20(19(24)8-14)29-12-16(27)10-25/h3-8,15-16,25-27H,9-12H2,1-2H3/t15-,16+/m0/s1. The molecule has 160 valence electrons. The Morgan fingerprint density at radius 1 is 0.897 bits per heavy atom. The Labute approximate surface area is 185 Å². The first kappa shape index (κ1) is 24.1. The van der Waals surface area contributed by atoms with Crippen LogP contribution in [0.1, 0.15) is 25.0 Å². The van der Waals surface area contributed by atoms with E-state index in [0.29, 0.717) is 15.8 Å². The Bertz CT molecular complexity index is 772. The molecular formula is C21H25Cl3O5. The van der Waals surface area contributed by atoms with Crippen molar-refractivity contribution in [2.75, 3.05) is 25.7 Å². The smallest absolute Gasteiger partial charge is 0.156 e. The van der Waals surface area contributed by atoms with Crippen LogP contribution in [0.25, 0.3) is 0 Å². The lowest BCUT2D eigenvalue weighted by Gasteiger charge is -2.27. The van der Waals surface area contributed by atoms with Crippen LogP contribution >= 0.6 is 34.8 Å². The molecule has 8 heteroatoms. The maximum Gasteiger partial charge on any atom is 0.156 e. The second-order valence-corrected chi connectivity index (χ2v) is 8.31. The van der Waals surface area contributed by atoms with Gasteiger partial charge >= 0.3 is 0 Å². The zero-order valence-electron chi connectivity index (χ0n) is 16.2. The third-order valence-electron chi connectivity index (χ3n) is 4.55. The van der Waals surface area contributed by atoms with Crippen LogP contribution in [0.15, 0.2) is 36.4 Å². The Morgan fingerprint density at radius 2 is 1.45 bits per heavy atom. The van der Waals surface area contributed by atoms with Crippen molar-refractivity contribution in [3.05, 3.63) is 57.6 Å². The van der Waals surface area contributed by atoms with Crippen LogP contribution in [-0.2, 0) is 5.41 Å². The minimum Gasteiger partial charge on any atom is -0.491 e. The molecular weight excluding hydrogens is 439 g/mol. The fourth-order valence-electron chi connectivity index (χ4n) is 2.66. The predicted octanol–water partition coefficient (Wildman–Crippen LogP) is 4.03. The normalized spacial score (nSPS) is 13.8. The molecule has 0 aromatic heterocycles. The zero-order valence-corrected chi connectivity index (χ0v) is 18.5. The fourth-order valence-corrected chi connectivity index (χ4v) is 3.35. The summed E-state index contributed by atoms with van der Waals surface area (Å²) in [6, 6.07) is 11.1. The van der Waals surface area contributed by atoms with Crippen molar-refractivity contribution in [2.24, 2.45) is 0 Å². The van der Waals surface area contributed by atoms with Crippen molar-refractivity contribution in [2.45, 2.75) is 31.5 Å². The maximum atomic E-state index is 9.49. The van der Waals surface area contributed by atoms with Gasteiger partial charge in [-0.25, -0.2) is 0 Å². The van der Waals surface area contributed by atoms with Crippen LogP contribution in [-0.4, -0.2) is 53.2 Å². The van der Waals surface area contributed by atoms with E-state index in [4.69, 9.17) is 49.4 Å². The summed E-state index contributed by atoms with van der Waals surface area (Å²) < 4.78 is 11.0. The molecule has 0 aliphatic carbocycles. The van der Waals surface area contributed by atoms with E-state index in [2.05, 4.69) is 0 Å². The van der Waals surface area contributed by atoms with Gasteiger partial charge in [0.15, 0.2) is 5.75 Å². The Balaban J connectivity index is 2.19. The number of benzene rings is 2. The highest BCUT2D eigenvalue weighted by Crippen LogP contribution is 2.40. The minimum atomic E-state index is -1.01. The molecule has 0 unspecified atom stereocenters. The summed E-state index contributed by atoms with van der Waals surface area (Å²) in [5, 5.41) is 28.5. The molecule has 0 amide bonds. The molecule has 29 heavy (non-hydrogen) atoms. The fraction of sp³-hybridized carbons (Fsp3) is 0.429. The summed E-state index contributed by atoms with van der Waals surface area (Å²) >= 11 is 18.3. The quantitative estimate of drug-likeness (QED) is 0.464. The van der Waals surface area contributed by atoms with Gasteiger partial charge in [-0.05, 0) is 35.4 Å². The van der Waals surface area contributed by atoms with Crippen LogP contribution in [0, 0.1) is 0 Å². The van der Waals surface area contributed by atoms with Gasteiger partial charge in [-0.1, -0.05) is 49.2 Å². The summed E-state index contributed by atoms with van der Waals surface area (Å²) in [5.41, 5.74) is 1.48. The van der Waals surface area contributed by atoms with E-state index in [1.165, 1.54) is 0 Å². The van der Waals surface area contributed by atoms with Crippen molar-refractivity contribution in [1.29, 1.82) is 0 Å². The molecule has 2 rings (SSSR count). The zero-order chi connectivity index (χ0) is 21.6. The molecule has 2 aromatic rings. The highest BCUT2D eigenvalue weighted by molar-refractivity contribution is 6.37. The summed E-state index contributed by atoms with van der Waals surface area (Å²) in [5.74, 6) is 1.02. The van der Waals surface area contributed by atoms with Gasteiger partial charge in [0.05, 0.1) is 22.5 Å². The molecule has 5 nitrogen and oxygen atoms in total. The first-order valence-corrected chi connectivity index (χ1v) is 10.4. The highest BCUT2D eigenvalue weighted by Gasteiger charge is 2.26. The molecule has 0 heterocycles. The number of alkyl halides is 1. The maximum absolute atomic E-state index is 9.49. The summed E-state index contributed by atoms with van der Waals surface area (Å²) in [6.07, 6.45) is -1.72. The first-order valence-electron chi connectivity index (χ1n) is 9.07. The third-order valence-corrected chi connectivity index (χ3v) is 5.47. The molecule has 0 bridgehead atoms. The average molecular weight is 464 g/mol. The molecule has 2 aromatic carbocycles. The largest absolute Gasteiger partial charge is 0.491 e. The summed E-state index contributed by atoms with van der Waals surface area (Å²) in [6.45, 7) is 3.68. The van der Waals surface area contributed by atoms with Crippen molar-refractivity contribution in [1.82, 2.24) is 0 Å². The average Bonchev–Trinajstić information content (AvgIpc) is 2.71. The van der Waals surface area contributed by atoms with E-state index in [0.717, 1.165) is 11.1 Å². The molecule has 0 saturated heterocycles. The number of aliphatic hydroxyl groups is 3. The van der Waals surface area contributed by atoms with Crippen LogP contribution in [0.2, 0.25) is 10.0 Å². The number of halogens is 3. The van der Waals surface area contributed by atoms with Gasteiger partial charge in [-0.2, -0.15) is 0 Å². The van der Waals surface area contributed by atoms with E-state index < -0.39 is 24.2 Å². The predicted molar refractivity (Wildman–Crippen MR) is 116 cm³/mol. The topological polar surface area (TPSA) is 79.2 Å². The van der Waals surface area contributed by atoms with E-state index in [1.54, 1.807) is 12.1 Å². The number of aliphatic hydroxyl groups excluding tert-OH is 3. The molecule has 0 fully saturated rings. The highest BCUT2D eigenvalue weighted by atomic mass is 35.5. The summed E-state index contributed by atoms with van der Waals surface area (Å²) in [4.78, 5) is 0. The number of hydrogen-bond donors (Lipinski definition) is 3. The van der Waals surface area contributed by atoms with E-state index in [1.807, 2.05) is 38.1 Å². The van der Waals surface area contributed by atoms with Gasteiger partial charge in [0.1, 0.15) is 31.2 Å². The van der Waals surface area contributed by atoms with Crippen molar-refractivity contribution in [3.8, 4) is 11.5 Å². The van der Waals surface area contributed by atoms with Crippen molar-refractivity contribution < 1.29 is 24.8 Å². The molecule has 0 aliphatic rings. The first-order chi connectivity index (χ1) is 13.7. The lowest BCUT2D eigenvalue weighted by atomic mass is 9.78. The van der Waals surface area contributed by atoms with E-state index in [-0.39, 0.29) is 24.8 Å². The Morgan fingerprint density at radius 3 is 1.97 bits per heavy atom. The monoisotopic (exact) mass is 462 g/mol. The number of ether oxygens (including phenoxy) is 2. The van der Waals surface area contributed by atoms with Gasteiger partial charge in [0.2, 0.25) is 0 Å². The SMILES string of the molecule is CC(C)(c1ccc(OC[C@@H](O)CCl)cc1)c1cc(Cl)c(OC[C@H](O)CO)c(Cl)c1. The molecule has 3 N–H and O–H groups in total. The molecule has 2 atom stereocenters. The third kappa shape index (κ3) is 6.38. The second-order valence-electron chi connectivity index (χ2n) is 7.18. The molecule has 0 aliphatic heterocycles. The molecule has 0 spiro atoms. The van der Waals surface area contributed by atoms with Crippen molar-refractivity contribution in [3.63, 3.8) is 0 Å². The Kier molecular flexibility index (Phi) is 8.89. The van der Waals surface area contributed by atoms with Gasteiger partial charge in [0.25, 0.3) is 0 Å². The van der Waals surface area contributed by atoms with E-state index in [9.17, 15) is 10.2 Å². The molecule has 0 saturated carbocycles. The van der Waals surface area contributed by atoms with Crippen molar-refractivity contribution >= 4 is 34.8 Å². The molecule has 0 radical (unpaired) electrons. The van der Waals surface area contributed by atoms with Gasteiger partial charge in [-0.15, -0.1) is 11.6 Å². The van der Waals surface area contributed by atoms with Gasteiger partial charge in [-0.3, -0.25) is 0 Å². The van der Waals surface area contributed by atoms with Gasteiger partial charge < -0.3 is 24.8 Å². The number of hydrogen-bond acceptors (Lipinski definition) is 5. The summed E-state index contributed by atoms with van der Waals surface area (Å²) in [7, 11) is 0. The lowest BCUT2D eigenvalue weighted by Crippen LogP contribution is -2.22. The van der Waals surface area contributed by atoms with Crippen LogP contribution < -0.4 is 9.47 Å². The van der Waals surface area contributed by atoms with Crippen LogP contribution in [0.3, 0.4) is 0 Å². The van der Waals surface area contributed by atoms with Gasteiger partial charge in [0, 0.05) is 5.41 Å². The second kappa shape index (κ2) is 10.7. The van der Waals surface area contributed by atoms with Crippen LogP contribution in [0.4, 0.5) is 0 Å². The van der Waals surface area contributed by atoms with Crippen LogP contribution in [0.5, 0.6) is 11.5 Å². The minimum absolute atomic E-state index is 0.113. The number of rotatable bonds is 10. The lowest BCUT2D eigenvalue weighted by molar-refractivity contribution is 0.0536. The Hall–Kier alpha value is -1.21.